The monoisotopic (exact) mass is 275 g/mol. The fourth-order valence-corrected chi connectivity index (χ4v) is 3.95. The maximum atomic E-state index is 6.38. The summed E-state index contributed by atoms with van der Waals surface area (Å²) < 4.78 is 18.7. The molecule has 3 aliphatic rings. The Labute approximate surface area is 119 Å². The molecular weight excluding hydrogens is 254 g/mol. The molecule has 1 aliphatic carbocycles. The second-order valence-electron chi connectivity index (χ2n) is 6.61. The molecule has 2 aliphatic heterocycles. The lowest BCUT2D eigenvalue weighted by Crippen LogP contribution is -2.51. The van der Waals surface area contributed by atoms with E-state index in [1.54, 1.807) is 0 Å². The van der Waals surface area contributed by atoms with E-state index >= 15 is 0 Å². The Hall–Kier alpha value is -1.26. The van der Waals surface area contributed by atoms with Crippen molar-refractivity contribution in [2.45, 2.75) is 63.1 Å². The van der Waals surface area contributed by atoms with Crippen LogP contribution in [0.1, 0.15) is 51.2 Å². The molecule has 1 spiro atoms. The van der Waals surface area contributed by atoms with E-state index in [1.807, 2.05) is 32.0 Å². The van der Waals surface area contributed by atoms with E-state index in [0.29, 0.717) is 0 Å². The van der Waals surface area contributed by atoms with E-state index in [4.69, 9.17) is 19.9 Å². The molecule has 4 rings (SSSR count). The number of anilines is 1. The van der Waals surface area contributed by atoms with Gasteiger partial charge in [0.2, 0.25) is 0 Å². The average Bonchev–Trinajstić information content (AvgIpc) is 2.94. The third kappa shape index (κ3) is 1.61. The maximum absolute atomic E-state index is 6.38. The molecule has 1 saturated heterocycles. The molecule has 2 atom stereocenters. The molecule has 1 aromatic carbocycles. The van der Waals surface area contributed by atoms with Gasteiger partial charge in [0, 0.05) is 11.3 Å². The van der Waals surface area contributed by atoms with Crippen molar-refractivity contribution in [2.75, 3.05) is 5.73 Å². The fourth-order valence-electron chi connectivity index (χ4n) is 3.95. The maximum Gasteiger partial charge on any atom is 0.164 e. The van der Waals surface area contributed by atoms with Gasteiger partial charge in [-0.15, -0.1) is 0 Å². The van der Waals surface area contributed by atoms with Crippen molar-refractivity contribution < 1.29 is 14.2 Å². The van der Waals surface area contributed by atoms with Crippen molar-refractivity contribution in [3.05, 3.63) is 23.8 Å². The molecule has 0 radical (unpaired) electrons. The van der Waals surface area contributed by atoms with Crippen LogP contribution in [0, 0.1) is 0 Å². The van der Waals surface area contributed by atoms with Crippen LogP contribution in [0.15, 0.2) is 18.2 Å². The predicted octanol–water partition coefficient (Wildman–Crippen LogP) is 3.17. The van der Waals surface area contributed by atoms with Gasteiger partial charge >= 0.3 is 0 Å². The molecular formula is C16H21NO3. The minimum absolute atomic E-state index is 0.0581. The van der Waals surface area contributed by atoms with Crippen LogP contribution in [-0.4, -0.2) is 17.5 Å². The Kier molecular flexibility index (Phi) is 2.43. The summed E-state index contributed by atoms with van der Waals surface area (Å²) in [7, 11) is 0. The number of hydrogen-bond donors (Lipinski definition) is 1. The molecule has 4 heteroatoms. The number of benzene rings is 1. The highest BCUT2D eigenvalue weighted by molar-refractivity contribution is 5.57. The number of hydrogen-bond acceptors (Lipinski definition) is 4. The number of nitrogen functional groups attached to an aromatic ring is 1. The molecule has 1 saturated carbocycles. The third-order valence-corrected chi connectivity index (χ3v) is 4.76. The molecule has 1 aromatic rings. The predicted molar refractivity (Wildman–Crippen MR) is 75.5 cm³/mol. The van der Waals surface area contributed by atoms with Gasteiger partial charge in [-0.1, -0.05) is 6.07 Å². The normalized spacial score (nSPS) is 32.7. The van der Waals surface area contributed by atoms with Crippen molar-refractivity contribution in [1.82, 2.24) is 0 Å². The van der Waals surface area contributed by atoms with Crippen LogP contribution in [0.25, 0.3) is 0 Å². The molecule has 108 valence electrons. The highest BCUT2D eigenvalue weighted by atomic mass is 16.8. The Morgan fingerprint density at radius 3 is 2.65 bits per heavy atom. The first-order valence-corrected chi connectivity index (χ1v) is 7.44. The molecule has 2 fully saturated rings. The Bertz CT molecular complexity index is 549. The largest absolute Gasteiger partial charge is 0.484 e. The average molecular weight is 275 g/mol. The van der Waals surface area contributed by atoms with Gasteiger partial charge in [-0.05, 0) is 51.7 Å². The van der Waals surface area contributed by atoms with Gasteiger partial charge in [0.05, 0.1) is 0 Å². The van der Waals surface area contributed by atoms with Gasteiger partial charge in [-0.25, -0.2) is 0 Å². The first-order valence-electron chi connectivity index (χ1n) is 7.44. The number of ether oxygens (including phenoxy) is 3. The van der Waals surface area contributed by atoms with E-state index < -0.39 is 5.79 Å². The smallest absolute Gasteiger partial charge is 0.164 e. The van der Waals surface area contributed by atoms with Crippen molar-refractivity contribution in [1.29, 1.82) is 0 Å². The van der Waals surface area contributed by atoms with Gasteiger partial charge in [-0.2, -0.15) is 0 Å². The van der Waals surface area contributed by atoms with Crippen molar-refractivity contribution in [3.63, 3.8) is 0 Å². The Morgan fingerprint density at radius 2 is 1.90 bits per heavy atom. The summed E-state index contributed by atoms with van der Waals surface area (Å²) in [4.78, 5) is 0. The van der Waals surface area contributed by atoms with Crippen LogP contribution in [-0.2, 0) is 9.47 Å². The van der Waals surface area contributed by atoms with Crippen LogP contribution in [0.3, 0.4) is 0 Å². The molecule has 0 bridgehead atoms. The zero-order valence-electron chi connectivity index (χ0n) is 12.0. The van der Waals surface area contributed by atoms with Gasteiger partial charge in [0.1, 0.15) is 23.6 Å². The quantitative estimate of drug-likeness (QED) is 0.739. The third-order valence-electron chi connectivity index (χ3n) is 4.76. The van der Waals surface area contributed by atoms with E-state index in [2.05, 4.69) is 0 Å². The molecule has 2 N–H and O–H groups in total. The second kappa shape index (κ2) is 3.89. The van der Waals surface area contributed by atoms with E-state index in [-0.39, 0.29) is 17.8 Å². The molecule has 20 heavy (non-hydrogen) atoms. The topological polar surface area (TPSA) is 53.7 Å². The van der Waals surface area contributed by atoms with Crippen LogP contribution in [0.2, 0.25) is 0 Å². The molecule has 4 nitrogen and oxygen atoms in total. The zero-order chi connectivity index (χ0) is 14.0. The minimum Gasteiger partial charge on any atom is -0.484 e. The van der Waals surface area contributed by atoms with Crippen LogP contribution in [0.5, 0.6) is 5.75 Å². The summed E-state index contributed by atoms with van der Waals surface area (Å²) in [6, 6.07) is 5.84. The molecule has 0 unspecified atom stereocenters. The lowest BCUT2D eigenvalue weighted by Gasteiger charge is -2.42. The van der Waals surface area contributed by atoms with E-state index in [0.717, 1.165) is 29.8 Å². The van der Waals surface area contributed by atoms with Crippen molar-refractivity contribution >= 4 is 5.69 Å². The molecule has 2 heterocycles. The number of rotatable bonds is 0. The Balaban J connectivity index is 1.86. The number of nitrogens with two attached hydrogens (primary N) is 1. The fraction of sp³-hybridized carbons (Fsp3) is 0.625. The van der Waals surface area contributed by atoms with Gasteiger partial charge in [0.25, 0.3) is 0 Å². The molecule has 0 amide bonds. The van der Waals surface area contributed by atoms with Crippen LogP contribution in [0.4, 0.5) is 5.69 Å². The van der Waals surface area contributed by atoms with Gasteiger partial charge in [0.15, 0.2) is 5.79 Å². The zero-order valence-corrected chi connectivity index (χ0v) is 12.0. The lowest BCUT2D eigenvalue weighted by molar-refractivity contribution is -0.163. The number of fused-ring (bicyclic) bond motifs is 4. The van der Waals surface area contributed by atoms with Crippen molar-refractivity contribution in [3.8, 4) is 5.75 Å². The van der Waals surface area contributed by atoms with Gasteiger partial charge in [-0.3, -0.25) is 0 Å². The highest BCUT2D eigenvalue weighted by Gasteiger charge is 2.59. The summed E-state index contributed by atoms with van der Waals surface area (Å²) in [6.45, 7) is 3.93. The summed E-state index contributed by atoms with van der Waals surface area (Å²) in [6.07, 6.45) is 4.25. The lowest BCUT2D eigenvalue weighted by atomic mass is 9.84. The standard InChI is InChI=1S/C16H21NO3/c1-15(2)19-13-12-10(17)6-5-7-11(12)18-16(14(13)20-15)8-3-4-9-16/h5-7,13-14H,3-4,8-9,17H2,1-2H3/t13-,14-/m1/s1. The summed E-state index contributed by atoms with van der Waals surface area (Å²) in [5.41, 5.74) is 7.61. The SMILES string of the molecule is CC1(C)O[C@@H]2c3c(N)cccc3OC3(CCCC3)[C@@H]2O1. The highest BCUT2D eigenvalue weighted by Crippen LogP contribution is 2.56. The second-order valence-corrected chi connectivity index (χ2v) is 6.61. The minimum atomic E-state index is -0.585. The van der Waals surface area contributed by atoms with Crippen LogP contribution >= 0.6 is 0 Å². The van der Waals surface area contributed by atoms with E-state index in [1.165, 1.54) is 12.8 Å². The Morgan fingerprint density at radius 1 is 1.15 bits per heavy atom. The summed E-state index contributed by atoms with van der Waals surface area (Å²) in [5.74, 6) is 0.285. The first kappa shape index (κ1) is 12.5. The van der Waals surface area contributed by atoms with Crippen molar-refractivity contribution in [2.24, 2.45) is 0 Å². The van der Waals surface area contributed by atoms with Gasteiger partial charge < -0.3 is 19.9 Å². The summed E-state index contributed by atoms with van der Waals surface area (Å²) in [5, 5.41) is 0. The van der Waals surface area contributed by atoms with Crippen LogP contribution < -0.4 is 10.5 Å². The first-order chi connectivity index (χ1) is 9.51. The van der Waals surface area contributed by atoms with E-state index in [9.17, 15) is 0 Å². The molecule has 0 aromatic heterocycles. The summed E-state index contributed by atoms with van der Waals surface area (Å²) >= 11 is 0.